The fourth-order valence-electron chi connectivity index (χ4n) is 4.81. The van der Waals surface area contributed by atoms with Gasteiger partial charge < -0.3 is 15.0 Å². The molecule has 0 saturated carbocycles. The van der Waals surface area contributed by atoms with Gasteiger partial charge in [0.2, 0.25) is 0 Å². The van der Waals surface area contributed by atoms with Crippen molar-refractivity contribution in [3.63, 3.8) is 0 Å². The molecule has 1 aliphatic rings. The van der Waals surface area contributed by atoms with Crippen LogP contribution in [0.1, 0.15) is 57.4 Å². The molecule has 0 spiro atoms. The molecular formula is C27H34N6O3. The highest BCUT2D eigenvalue weighted by Gasteiger charge is 2.28. The van der Waals surface area contributed by atoms with Gasteiger partial charge in [-0.2, -0.15) is 5.26 Å². The molecule has 0 unspecified atom stereocenters. The lowest BCUT2D eigenvalue weighted by atomic mass is 10.0. The van der Waals surface area contributed by atoms with Gasteiger partial charge in [-0.05, 0) is 65.2 Å². The summed E-state index contributed by atoms with van der Waals surface area (Å²) in [6.45, 7) is 11.5. The second kappa shape index (κ2) is 10.1. The molecule has 2 aromatic heterocycles. The highest BCUT2D eigenvalue weighted by molar-refractivity contribution is 5.87. The number of nitrogens with zero attached hydrogens (tertiary/aromatic N) is 5. The average molecular weight is 491 g/mol. The van der Waals surface area contributed by atoms with Crippen molar-refractivity contribution in [2.24, 2.45) is 0 Å². The maximum absolute atomic E-state index is 13.5. The van der Waals surface area contributed by atoms with E-state index >= 15 is 0 Å². The van der Waals surface area contributed by atoms with Crippen LogP contribution in [-0.2, 0) is 17.8 Å². The summed E-state index contributed by atoms with van der Waals surface area (Å²) in [6.07, 6.45) is 1.31. The summed E-state index contributed by atoms with van der Waals surface area (Å²) in [5.74, 6) is 0. The number of aromatic nitrogens is 3. The third-order valence-electron chi connectivity index (χ3n) is 6.34. The van der Waals surface area contributed by atoms with Crippen LogP contribution in [0.25, 0.3) is 11.2 Å². The van der Waals surface area contributed by atoms with Gasteiger partial charge in [0.05, 0.1) is 23.9 Å². The number of nitriles is 1. The van der Waals surface area contributed by atoms with E-state index in [1.165, 1.54) is 0 Å². The van der Waals surface area contributed by atoms with Crippen molar-refractivity contribution < 1.29 is 9.53 Å². The number of anilines is 1. The third kappa shape index (κ3) is 5.23. The lowest BCUT2D eigenvalue weighted by Crippen LogP contribution is -2.49. The molecule has 1 N–H and O–H groups in total. The van der Waals surface area contributed by atoms with Crippen LogP contribution < -0.4 is 15.9 Å². The lowest BCUT2D eigenvalue weighted by Gasteiger charge is -2.35. The Bertz CT molecular complexity index is 1380. The number of hydrogen-bond donors (Lipinski definition) is 1. The molecule has 3 aromatic rings. The third-order valence-corrected chi connectivity index (χ3v) is 6.34. The number of carbonyl (C=O) groups is 1. The van der Waals surface area contributed by atoms with E-state index in [2.05, 4.69) is 16.3 Å². The van der Waals surface area contributed by atoms with Crippen LogP contribution in [0, 0.1) is 18.3 Å². The first kappa shape index (κ1) is 25.3. The number of nitrogens with one attached hydrogen (secondary N) is 1. The predicted molar refractivity (Wildman–Crippen MR) is 139 cm³/mol. The van der Waals surface area contributed by atoms with E-state index in [0.29, 0.717) is 24.3 Å². The molecule has 1 atom stereocenters. The fourth-order valence-corrected chi connectivity index (χ4v) is 4.81. The Labute approximate surface area is 211 Å². The number of amides is 1. The van der Waals surface area contributed by atoms with E-state index < -0.39 is 11.7 Å². The number of piperidine rings is 1. The topological polar surface area (TPSA) is 105 Å². The molecular weight excluding hydrogens is 456 g/mol. The van der Waals surface area contributed by atoms with Crippen molar-refractivity contribution >= 4 is 22.9 Å². The molecule has 0 radical (unpaired) electrons. The smallest absolute Gasteiger partial charge is 0.407 e. The number of rotatable bonds is 5. The summed E-state index contributed by atoms with van der Waals surface area (Å²) >= 11 is 0. The molecule has 1 saturated heterocycles. The van der Waals surface area contributed by atoms with Gasteiger partial charge in [0, 0.05) is 31.4 Å². The zero-order valence-corrected chi connectivity index (χ0v) is 21.7. The van der Waals surface area contributed by atoms with Gasteiger partial charge >= 0.3 is 11.8 Å². The van der Waals surface area contributed by atoms with Crippen molar-refractivity contribution in [3.8, 4) is 6.07 Å². The number of benzene rings is 1. The molecule has 1 aliphatic heterocycles. The van der Waals surface area contributed by atoms with Crippen LogP contribution >= 0.6 is 0 Å². The summed E-state index contributed by atoms with van der Waals surface area (Å²) in [4.78, 5) is 32.9. The van der Waals surface area contributed by atoms with Gasteiger partial charge in [-0.3, -0.25) is 9.13 Å². The van der Waals surface area contributed by atoms with E-state index in [1.54, 1.807) is 15.2 Å². The Morgan fingerprint density at radius 1 is 1.28 bits per heavy atom. The van der Waals surface area contributed by atoms with Crippen molar-refractivity contribution in [3.05, 3.63) is 57.6 Å². The van der Waals surface area contributed by atoms with Crippen LogP contribution in [0.15, 0.2) is 35.1 Å². The molecule has 3 heterocycles. The van der Waals surface area contributed by atoms with E-state index in [-0.39, 0.29) is 18.3 Å². The number of ether oxygens (including phenoxy) is 1. The molecule has 1 fully saturated rings. The molecule has 4 rings (SSSR count). The summed E-state index contributed by atoms with van der Waals surface area (Å²) < 4.78 is 8.86. The summed E-state index contributed by atoms with van der Waals surface area (Å²) in [6, 6.07) is 11.5. The SMILES string of the molecule is CCn1c(=O)n(Cc2ccccc2C#N)c2c(N3CCC[C@@H](NC(=O)OC(C)(C)C)C3)cc(C)nc21. The molecule has 9 heteroatoms. The van der Waals surface area contributed by atoms with E-state index in [1.807, 2.05) is 58.9 Å². The highest BCUT2D eigenvalue weighted by atomic mass is 16.6. The Hall–Kier alpha value is -3.80. The molecule has 190 valence electrons. The lowest BCUT2D eigenvalue weighted by molar-refractivity contribution is 0.0500. The molecule has 9 nitrogen and oxygen atoms in total. The largest absolute Gasteiger partial charge is 0.444 e. The average Bonchev–Trinajstić information content (AvgIpc) is 3.08. The Balaban J connectivity index is 1.75. The quantitative estimate of drug-likeness (QED) is 0.581. The summed E-state index contributed by atoms with van der Waals surface area (Å²) in [5.41, 5.74) is 3.72. The molecule has 1 aromatic carbocycles. The number of pyridine rings is 1. The van der Waals surface area contributed by atoms with Crippen LogP contribution in [0.3, 0.4) is 0 Å². The monoisotopic (exact) mass is 490 g/mol. The number of carbonyl (C=O) groups excluding carboxylic acids is 1. The van der Waals surface area contributed by atoms with Crippen LogP contribution in [0.5, 0.6) is 0 Å². The minimum absolute atomic E-state index is 0.0788. The van der Waals surface area contributed by atoms with Gasteiger partial charge in [0.25, 0.3) is 0 Å². The fraction of sp³-hybridized carbons (Fsp3) is 0.481. The van der Waals surface area contributed by atoms with Crippen LogP contribution in [0.2, 0.25) is 0 Å². The van der Waals surface area contributed by atoms with Gasteiger partial charge in [-0.15, -0.1) is 0 Å². The van der Waals surface area contributed by atoms with E-state index in [0.717, 1.165) is 41.8 Å². The minimum Gasteiger partial charge on any atom is -0.444 e. The van der Waals surface area contributed by atoms with E-state index in [4.69, 9.17) is 9.72 Å². The van der Waals surface area contributed by atoms with Crippen LogP contribution in [-0.4, -0.2) is 44.9 Å². The van der Waals surface area contributed by atoms with Gasteiger partial charge in [0.15, 0.2) is 5.65 Å². The van der Waals surface area contributed by atoms with Crippen molar-refractivity contribution in [2.45, 2.75) is 72.2 Å². The number of alkyl carbamates (subject to hydrolysis) is 1. The number of hydrogen-bond acceptors (Lipinski definition) is 6. The zero-order valence-electron chi connectivity index (χ0n) is 21.7. The predicted octanol–water partition coefficient (Wildman–Crippen LogP) is 3.94. The maximum atomic E-state index is 13.5. The standard InChI is InChI=1S/C27H34N6O3/c1-6-32-24-23(33(26(32)35)16-20-11-8-7-10-19(20)15-28)22(14-18(2)29-24)31-13-9-12-21(17-31)30-25(34)36-27(3,4)5/h7-8,10-11,14,21H,6,9,12-13,16-17H2,1-5H3,(H,30,34)/t21-/m1/s1. The Kier molecular flexibility index (Phi) is 7.07. The number of imidazole rings is 1. The molecule has 1 amide bonds. The first-order valence-corrected chi connectivity index (χ1v) is 12.4. The summed E-state index contributed by atoms with van der Waals surface area (Å²) in [7, 11) is 0. The minimum atomic E-state index is -0.564. The number of aryl methyl sites for hydroxylation is 2. The summed E-state index contributed by atoms with van der Waals surface area (Å²) in [5, 5.41) is 12.6. The number of fused-ring (bicyclic) bond motifs is 1. The van der Waals surface area contributed by atoms with Crippen molar-refractivity contribution in [1.82, 2.24) is 19.4 Å². The Morgan fingerprint density at radius 2 is 2.03 bits per heavy atom. The maximum Gasteiger partial charge on any atom is 0.407 e. The first-order chi connectivity index (χ1) is 17.1. The molecule has 36 heavy (non-hydrogen) atoms. The second-order valence-corrected chi connectivity index (χ2v) is 10.3. The van der Waals surface area contributed by atoms with Crippen LogP contribution in [0.4, 0.5) is 10.5 Å². The normalized spacial score (nSPS) is 16.1. The highest BCUT2D eigenvalue weighted by Crippen LogP contribution is 2.30. The zero-order chi connectivity index (χ0) is 26.0. The Morgan fingerprint density at radius 3 is 2.72 bits per heavy atom. The molecule has 0 bridgehead atoms. The van der Waals surface area contributed by atoms with Gasteiger partial charge in [-0.25, -0.2) is 14.6 Å². The second-order valence-electron chi connectivity index (χ2n) is 10.3. The van der Waals surface area contributed by atoms with E-state index in [9.17, 15) is 14.9 Å². The molecule has 0 aliphatic carbocycles. The van der Waals surface area contributed by atoms with Crippen molar-refractivity contribution in [2.75, 3.05) is 18.0 Å². The van der Waals surface area contributed by atoms with Gasteiger partial charge in [0.1, 0.15) is 11.1 Å². The van der Waals surface area contributed by atoms with Gasteiger partial charge in [-0.1, -0.05) is 18.2 Å². The van der Waals surface area contributed by atoms with Crippen molar-refractivity contribution in [1.29, 1.82) is 5.26 Å². The first-order valence-electron chi connectivity index (χ1n) is 12.4.